The molecule has 2 heterocycles. The van der Waals surface area contributed by atoms with Crippen molar-refractivity contribution in [1.29, 1.82) is 0 Å². The molecule has 0 unspecified atom stereocenters. The van der Waals surface area contributed by atoms with E-state index in [-0.39, 0.29) is 11.6 Å². The molecule has 3 aromatic carbocycles. The van der Waals surface area contributed by atoms with Crippen LogP contribution in [0.25, 0.3) is 10.4 Å². The van der Waals surface area contributed by atoms with Gasteiger partial charge in [-0.3, -0.25) is 19.9 Å². The molecule has 1 aliphatic heterocycles. The third-order valence-corrected chi connectivity index (χ3v) is 8.02. The maximum Gasteiger partial charge on any atom is 0.267 e. The van der Waals surface area contributed by atoms with Crippen LogP contribution >= 0.6 is 22.9 Å². The number of carbonyl (C=O) groups is 2. The molecule has 0 fully saturated rings. The molecule has 0 atom stereocenters. The molecule has 0 bridgehead atoms. The summed E-state index contributed by atoms with van der Waals surface area (Å²) in [6.45, 7) is 2.11. The molecular formula is C28H23ClFN3O3S. The summed E-state index contributed by atoms with van der Waals surface area (Å²) in [6, 6.07) is 19.2. The molecule has 4 aromatic rings. The van der Waals surface area contributed by atoms with Crippen molar-refractivity contribution in [3.05, 3.63) is 99.1 Å². The van der Waals surface area contributed by atoms with Gasteiger partial charge in [0.15, 0.2) is 0 Å². The Labute approximate surface area is 222 Å². The van der Waals surface area contributed by atoms with Gasteiger partial charge in [0, 0.05) is 22.5 Å². The average Bonchev–Trinajstić information content (AvgIpc) is 3.13. The highest BCUT2D eigenvalue weighted by atomic mass is 35.5. The first-order valence-electron chi connectivity index (χ1n) is 11.6. The highest BCUT2D eigenvalue weighted by Gasteiger charge is 2.30. The Morgan fingerprint density at radius 1 is 1.05 bits per heavy atom. The van der Waals surface area contributed by atoms with Crippen LogP contribution in [0.4, 0.5) is 21.5 Å². The number of rotatable bonds is 5. The summed E-state index contributed by atoms with van der Waals surface area (Å²) in [5.41, 5.74) is 7.11. The maximum absolute atomic E-state index is 14.3. The Hall–Kier alpha value is -3.72. The van der Waals surface area contributed by atoms with Crippen molar-refractivity contribution < 1.29 is 18.8 Å². The Morgan fingerprint density at radius 2 is 1.81 bits per heavy atom. The lowest BCUT2D eigenvalue weighted by Gasteiger charge is -2.23. The molecule has 9 heteroatoms. The molecule has 1 aromatic heterocycles. The minimum Gasteiger partial charge on any atom is -0.318 e. The predicted molar refractivity (Wildman–Crippen MR) is 146 cm³/mol. The van der Waals surface area contributed by atoms with Gasteiger partial charge in [-0.05, 0) is 60.9 Å². The fraction of sp³-hybridized carbons (Fsp3) is 0.143. The molecule has 2 N–H and O–H groups in total. The van der Waals surface area contributed by atoms with Crippen LogP contribution in [0, 0.1) is 12.7 Å². The molecule has 1 aliphatic rings. The van der Waals surface area contributed by atoms with Crippen molar-refractivity contribution in [3.63, 3.8) is 0 Å². The predicted octanol–water partition coefficient (Wildman–Crippen LogP) is 6.94. The van der Waals surface area contributed by atoms with E-state index in [9.17, 15) is 14.0 Å². The summed E-state index contributed by atoms with van der Waals surface area (Å²) in [5.74, 6) is -1.12. The van der Waals surface area contributed by atoms with Crippen LogP contribution in [-0.2, 0) is 11.3 Å². The van der Waals surface area contributed by atoms with Gasteiger partial charge in [-0.1, -0.05) is 41.9 Å². The zero-order chi connectivity index (χ0) is 26.1. The highest BCUT2D eigenvalue weighted by Crippen LogP contribution is 2.46. The van der Waals surface area contributed by atoms with Crippen molar-refractivity contribution in [2.24, 2.45) is 0 Å². The average molecular weight is 536 g/mol. The van der Waals surface area contributed by atoms with E-state index in [2.05, 4.69) is 10.8 Å². The first-order valence-corrected chi connectivity index (χ1v) is 12.8. The SMILES string of the molecule is CONc1ccc(C(=O)N2CCc3c(sc(C(=O)Nc4c(C)cccc4F)c3Cl)-c3ccccc32)cc1. The van der Waals surface area contributed by atoms with E-state index in [4.69, 9.17) is 16.4 Å². The van der Waals surface area contributed by atoms with Crippen LogP contribution in [0.3, 0.4) is 0 Å². The Balaban J connectivity index is 1.49. The number of nitrogens with one attached hydrogen (secondary N) is 2. The zero-order valence-corrected chi connectivity index (χ0v) is 21.7. The first-order chi connectivity index (χ1) is 17.9. The fourth-order valence-corrected chi connectivity index (χ4v) is 6.02. The van der Waals surface area contributed by atoms with Crippen LogP contribution in [0.1, 0.15) is 31.2 Å². The van der Waals surface area contributed by atoms with E-state index < -0.39 is 11.7 Å². The molecule has 2 amide bonds. The largest absolute Gasteiger partial charge is 0.318 e. The normalized spacial score (nSPS) is 12.4. The van der Waals surface area contributed by atoms with Crippen molar-refractivity contribution in [2.75, 3.05) is 29.4 Å². The van der Waals surface area contributed by atoms with Crippen LogP contribution < -0.4 is 15.7 Å². The molecule has 0 saturated carbocycles. The number of anilines is 3. The number of carbonyl (C=O) groups excluding carboxylic acids is 2. The van der Waals surface area contributed by atoms with E-state index in [1.54, 1.807) is 48.2 Å². The second-order valence-corrected chi connectivity index (χ2v) is 9.94. The molecule has 0 radical (unpaired) electrons. The van der Waals surface area contributed by atoms with Crippen LogP contribution in [0.15, 0.2) is 66.7 Å². The van der Waals surface area contributed by atoms with Crippen molar-refractivity contribution in [2.45, 2.75) is 13.3 Å². The van der Waals surface area contributed by atoms with Gasteiger partial charge in [0.25, 0.3) is 11.8 Å². The smallest absolute Gasteiger partial charge is 0.267 e. The molecular weight excluding hydrogens is 513 g/mol. The number of amides is 2. The van der Waals surface area contributed by atoms with E-state index in [1.807, 2.05) is 24.3 Å². The molecule has 6 nitrogen and oxygen atoms in total. The molecule has 0 saturated heterocycles. The standard InChI is InChI=1S/C28H23ClFN3O3S/c1-16-6-5-8-21(30)24(16)31-27(34)26-23(29)20-14-15-33(22-9-4-3-7-19(22)25(20)37-26)28(35)17-10-12-18(13-11-17)32-36-2/h3-13,32H,14-15H2,1-2H3,(H,31,34). The monoisotopic (exact) mass is 535 g/mol. The minimum atomic E-state index is -0.506. The number of hydrogen-bond donors (Lipinski definition) is 2. The van der Waals surface area contributed by atoms with Gasteiger partial charge in [0.05, 0.1) is 29.2 Å². The lowest BCUT2D eigenvalue weighted by Crippen LogP contribution is -2.32. The second kappa shape index (κ2) is 10.3. The van der Waals surface area contributed by atoms with Gasteiger partial charge in [-0.2, -0.15) is 0 Å². The number of halogens is 2. The van der Waals surface area contributed by atoms with E-state index in [0.29, 0.717) is 34.0 Å². The van der Waals surface area contributed by atoms with Gasteiger partial charge < -0.3 is 10.2 Å². The third-order valence-electron chi connectivity index (χ3n) is 6.23. The summed E-state index contributed by atoms with van der Waals surface area (Å²) in [6.07, 6.45) is 0.459. The van der Waals surface area contributed by atoms with Gasteiger partial charge in [-0.25, -0.2) is 4.39 Å². The van der Waals surface area contributed by atoms with Crippen molar-refractivity contribution >= 4 is 51.8 Å². The number of nitrogens with zero attached hydrogens (tertiary/aromatic N) is 1. The Morgan fingerprint density at radius 3 is 2.54 bits per heavy atom. The first kappa shape index (κ1) is 25.0. The van der Waals surface area contributed by atoms with Gasteiger partial charge >= 0.3 is 0 Å². The summed E-state index contributed by atoms with van der Waals surface area (Å²) in [4.78, 5) is 34.5. The summed E-state index contributed by atoms with van der Waals surface area (Å²) in [7, 11) is 1.52. The maximum atomic E-state index is 14.3. The lowest BCUT2D eigenvalue weighted by molar-refractivity contribution is 0.0985. The summed E-state index contributed by atoms with van der Waals surface area (Å²) >= 11 is 7.99. The van der Waals surface area contributed by atoms with Gasteiger partial charge in [-0.15, -0.1) is 11.3 Å². The number of benzene rings is 3. The van der Waals surface area contributed by atoms with Crippen molar-refractivity contribution in [3.8, 4) is 10.4 Å². The topological polar surface area (TPSA) is 70.7 Å². The molecule has 5 rings (SSSR count). The molecule has 188 valence electrons. The fourth-order valence-electron chi connectivity index (χ4n) is 4.40. The molecule has 0 spiro atoms. The third kappa shape index (κ3) is 4.71. The minimum absolute atomic E-state index is 0.135. The van der Waals surface area contributed by atoms with E-state index in [1.165, 1.54) is 24.5 Å². The summed E-state index contributed by atoms with van der Waals surface area (Å²) in [5, 5.41) is 3.00. The van der Waals surface area contributed by atoms with Gasteiger partial charge in [0.2, 0.25) is 0 Å². The van der Waals surface area contributed by atoms with Crippen LogP contribution in [0.2, 0.25) is 5.02 Å². The Bertz CT molecular complexity index is 1480. The van der Waals surface area contributed by atoms with E-state index >= 15 is 0 Å². The second-order valence-electron chi connectivity index (χ2n) is 8.55. The number of aryl methyl sites for hydroxylation is 1. The van der Waals surface area contributed by atoms with Crippen molar-refractivity contribution in [1.82, 2.24) is 0 Å². The highest BCUT2D eigenvalue weighted by molar-refractivity contribution is 7.18. The number of hydrogen-bond acceptors (Lipinski definition) is 5. The quantitative estimate of drug-likeness (QED) is 0.271. The van der Waals surface area contributed by atoms with Crippen LogP contribution in [-0.4, -0.2) is 25.5 Å². The van der Waals surface area contributed by atoms with Gasteiger partial charge in [0.1, 0.15) is 10.7 Å². The number of para-hydroxylation sites is 2. The zero-order valence-electron chi connectivity index (χ0n) is 20.1. The lowest BCUT2D eigenvalue weighted by atomic mass is 10.1. The number of fused-ring (bicyclic) bond motifs is 3. The molecule has 0 aliphatic carbocycles. The van der Waals surface area contributed by atoms with Crippen LogP contribution in [0.5, 0.6) is 0 Å². The van der Waals surface area contributed by atoms with E-state index in [0.717, 1.165) is 27.4 Å². The molecule has 37 heavy (non-hydrogen) atoms. The Kier molecular flexibility index (Phi) is 6.97. The number of thiophene rings is 1. The summed E-state index contributed by atoms with van der Waals surface area (Å²) < 4.78 is 14.3.